The van der Waals surface area contributed by atoms with E-state index in [1.165, 1.54) is 0 Å². The summed E-state index contributed by atoms with van der Waals surface area (Å²) in [7, 11) is -3.44. The van der Waals surface area contributed by atoms with Crippen molar-refractivity contribution in [2.75, 3.05) is 0 Å². The second-order valence-corrected chi connectivity index (χ2v) is 8.57. The Bertz CT molecular complexity index is 746. The summed E-state index contributed by atoms with van der Waals surface area (Å²) in [6.45, 7) is 4.70. The van der Waals surface area contributed by atoms with Crippen molar-refractivity contribution in [2.24, 2.45) is 0 Å². The lowest BCUT2D eigenvalue weighted by molar-refractivity contribution is 0.572. The number of hydrogen-bond acceptors (Lipinski definition) is 4. The summed E-state index contributed by atoms with van der Waals surface area (Å²) in [5.41, 5.74) is 0. The normalized spacial score (nSPS) is 16.0. The molecule has 0 saturated heterocycles. The highest BCUT2D eigenvalue weighted by atomic mass is 32.2. The third-order valence-corrected chi connectivity index (χ3v) is 6.40. The number of thiophene rings is 1. The van der Waals surface area contributed by atoms with Crippen LogP contribution in [0, 0.1) is 0 Å². The van der Waals surface area contributed by atoms with Gasteiger partial charge in [0.25, 0.3) is 0 Å². The molecule has 1 aromatic carbocycles. The quantitative estimate of drug-likeness (QED) is 0.859. The van der Waals surface area contributed by atoms with E-state index in [-0.39, 0.29) is 6.04 Å². The van der Waals surface area contributed by atoms with Crippen molar-refractivity contribution >= 4 is 31.4 Å². The summed E-state index contributed by atoms with van der Waals surface area (Å²) >= 11 is 1.56. The molecule has 3 rings (SSSR count). The van der Waals surface area contributed by atoms with Crippen LogP contribution in [0.3, 0.4) is 0 Å². The van der Waals surface area contributed by atoms with E-state index < -0.39 is 10.0 Å². The molecular weight excluding hydrogens is 304 g/mol. The molecule has 0 atom stereocenters. The van der Waals surface area contributed by atoms with E-state index in [1.807, 2.05) is 24.3 Å². The van der Waals surface area contributed by atoms with Gasteiger partial charge >= 0.3 is 0 Å². The maximum atomic E-state index is 12.7. The van der Waals surface area contributed by atoms with E-state index in [9.17, 15) is 8.42 Å². The second kappa shape index (κ2) is 5.68. The van der Waals surface area contributed by atoms with Crippen LogP contribution in [0.25, 0.3) is 10.1 Å². The molecule has 1 heterocycles. The molecule has 0 aliphatic heterocycles. The fourth-order valence-corrected chi connectivity index (χ4v) is 5.46. The number of hydrogen-bond donors (Lipinski definition) is 2. The smallest absolute Gasteiger partial charge is 0.242 e. The minimum absolute atomic E-state index is 0.125. The molecule has 21 heavy (non-hydrogen) atoms. The van der Waals surface area contributed by atoms with Gasteiger partial charge in [-0.15, -0.1) is 11.3 Å². The molecule has 1 aromatic heterocycles. The lowest BCUT2D eigenvalue weighted by Gasteiger charge is -2.10. The zero-order chi connectivity index (χ0) is 15.0. The summed E-state index contributed by atoms with van der Waals surface area (Å²) in [6, 6.07) is 8.16. The Balaban J connectivity index is 2.06. The van der Waals surface area contributed by atoms with Gasteiger partial charge in [-0.1, -0.05) is 32.0 Å². The molecule has 1 aliphatic carbocycles. The zero-order valence-electron chi connectivity index (χ0n) is 12.2. The molecular formula is C15H20N2O2S2. The van der Waals surface area contributed by atoms with Crippen LogP contribution in [0.5, 0.6) is 0 Å². The van der Waals surface area contributed by atoms with E-state index in [1.54, 1.807) is 11.3 Å². The lowest BCUT2D eigenvalue weighted by Crippen LogP contribution is -2.28. The van der Waals surface area contributed by atoms with Crippen LogP contribution in [-0.2, 0) is 16.6 Å². The van der Waals surface area contributed by atoms with E-state index in [0.29, 0.717) is 17.5 Å². The highest BCUT2D eigenvalue weighted by Crippen LogP contribution is 2.35. The topological polar surface area (TPSA) is 58.2 Å². The highest BCUT2D eigenvalue weighted by molar-refractivity contribution is 7.90. The van der Waals surface area contributed by atoms with E-state index >= 15 is 0 Å². The Kier molecular flexibility index (Phi) is 4.05. The van der Waals surface area contributed by atoms with Crippen molar-refractivity contribution in [3.05, 3.63) is 29.1 Å². The van der Waals surface area contributed by atoms with Gasteiger partial charge in [-0.05, 0) is 18.9 Å². The predicted octanol–water partition coefficient (Wildman–Crippen LogP) is 2.84. The fourth-order valence-electron chi connectivity index (χ4n) is 2.26. The van der Waals surface area contributed by atoms with E-state index in [2.05, 4.69) is 23.9 Å². The van der Waals surface area contributed by atoms with Gasteiger partial charge in [0.2, 0.25) is 10.0 Å². The third kappa shape index (κ3) is 3.29. The van der Waals surface area contributed by atoms with Gasteiger partial charge in [0.15, 0.2) is 0 Å². The number of rotatable bonds is 6. The molecule has 114 valence electrons. The molecule has 0 bridgehead atoms. The lowest BCUT2D eigenvalue weighted by atomic mass is 10.2. The largest absolute Gasteiger partial charge is 0.310 e. The minimum atomic E-state index is -3.44. The van der Waals surface area contributed by atoms with Gasteiger partial charge in [-0.3, -0.25) is 0 Å². The van der Waals surface area contributed by atoms with Gasteiger partial charge in [-0.2, -0.15) is 0 Å². The highest BCUT2D eigenvalue weighted by Gasteiger charge is 2.31. The number of benzene rings is 1. The molecule has 4 nitrogen and oxygen atoms in total. The molecule has 0 amide bonds. The number of sulfonamides is 1. The maximum Gasteiger partial charge on any atom is 0.242 e. The minimum Gasteiger partial charge on any atom is -0.310 e. The Hall–Kier alpha value is -0.950. The van der Waals surface area contributed by atoms with Crippen molar-refractivity contribution in [3.8, 4) is 0 Å². The van der Waals surface area contributed by atoms with Gasteiger partial charge in [-0.25, -0.2) is 13.1 Å². The van der Waals surface area contributed by atoms with Crippen molar-refractivity contribution in [1.29, 1.82) is 0 Å². The van der Waals surface area contributed by atoms with Crippen LogP contribution in [0.2, 0.25) is 0 Å². The van der Waals surface area contributed by atoms with E-state index in [4.69, 9.17) is 0 Å². The zero-order valence-corrected chi connectivity index (χ0v) is 13.9. The van der Waals surface area contributed by atoms with Crippen LogP contribution < -0.4 is 10.0 Å². The van der Waals surface area contributed by atoms with Gasteiger partial charge in [0, 0.05) is 33.6 Å². The van der Waals surface area contributed by atoms with Gasteiger partial charge < -0.3 is 5.32 Å². The SMILES string of the molecule is CC(C)NCc1sc2ccccc2c1S(=O)(=O)NC1CC1. The first-order valence-corrected chi connectivity index (χ1v) is 9.53. The standard InChI is InChI=1S/C15H20N2O2S2/c1-10(2)16-9-14-15(21(18,19)17-11-7-8-11)12-5-3-4-6-13(12)20-14/h3-6,10-11,16-17H,7-9H2,1-2H3. The molecule has 2 N–H and O–H groups in total. The van der Waals surface area contributed by atoms with Crippen LogP contribution in [-0.4, -0.2) is 20.5 Å². The number of nitrogens with one attached hydrogen (secondary N) is 2. The predicted molar refractivity (Wildman–Crippen MR) is 87.1 cm³/mol. The van der Waals surface area contributed by atoms with Crippen LogP contribution in [0.1, 0.15) is 31.6 Å². The average Bonchev–Trinajstić information content (AvgIpc) is 3.12. The van der Waals surface area contributed by atoms with Crippen LogP contribution in [0.4, 0.5) is 0 Å². The summed E-state index contributed by atoms with van der Waals surface area (Å²) in [5.74, 6) is 0. The van der Waals surface area contributed by atoms with Crippen molar-refractivity contribution in [3.63, 3.8) is 0 Å². The summed E-state index contributed by atoms with van der Waals surface area (Å²) in [5, 5.41) is 4.15. The first-order valence-electron chi connectivity index (χ1n) is 7.23. The first-order chi connectivity index (χ1) is 9.97. The molecule has 1 saturated carbocycles. The molecule has 0 unspecified atom stereocenters. The maximum absolute atomic E-state index is 12.7. The molecule has 2 aromatic rings. The summed E-state index contributed by atoms with van der Waals surface area (Å²) in [4.78, 5) is 1.35. The molecule has 6 heteroatoms. The molecule has 0 spiro atoms. The molecule has 1 fully saturated rings. The van der Waals surface area contributed by atoms with E-state index in [0.717, 1.165) is 27.8 Å². The van der Waals surface area contributed by atoms with Crippen LogP contribution in [0.15, 0.2) is 29.2 Å². The Morgan fingerprint density at radius 3 is 2.67 bits per heavy atom. The Morgan fingerprint density at radius 1 is 1.29 bits per heavy atom. The third-order valence-electron chi connectivity index (χ3n) is 3.46. The monoisotopic (exact) mass is 324 g/mol. The second-order valence-electron chi connectivity index (χ2n) is 5.78. The van der Waals surface area contributed by atoms with Crippen molar-refractivity contribution in [1.82, 2.24) is 10.0 Å². The average molecular weight is 324 g/mol. The summed E-state index contributed by atoms with van der Waals surface area (Å²) < 4.78 is 29.2. The van der Waals surface area contributed by atoms with Crippen molar-refractivity contribution in [2.45, 2.75) is 50.2 Å². The number of fused-ring (bicyclic) bond motifs is 1. The van der Waals surface area contributed by atoms with Gasteiger partial charge in [0.1, 0.15) is 4.90 Å². The Labute approximate surface area is 129 Å². The molecule has 1 aliphatic rings. The fraction of sp³-hybridized carbons (Fsp3) is 0.467. The summed E-state index contributed by atoms with van der Waals surface area (Å²) in [6.07, 6.45) is 1.89. The Morgan fingerprint density at radius 2 is 2.00 bits per heavy atom. The van der Waals surface area contributed by atoms with Gasteiger partial charge in [0.05, 0.1) is 0 Å². The van der Waals surface area contributed by atoms with Crippen LogP contribution >= 0.6 is 11.3 Å². The first kappa shape index (κ1) is 15.0. The molecule has 0 radical (unpaired) electrons. The van der Waals surface area contributed by atoms with Crippen molar-refractivity contribution < 1.29 is 8.42 Å².